The molecule has 1 aromatic rings. The Kier molecular flexibility index (Phi) is 6.88. The zero-order valence-corrected chi connectivity index (χ0v) is 17.6. The molecule has 0 radical (unpaired) electrons. The van der Waals surface area contributed by atoms with Crippen LogP contribution in [0.15, 0.2) is 23.1 Å². The largest absolute Gasteiger partial charge is 0.495 e. The maximum atomic E-state index is 12.9. The van der Waals surface area contributed by atoms with Crippen LogP contribution >= 0.6 is 0 Å². The molecule has 27 heavy (non-hydrogen) atoms. The Labute approximate surface area is 162 Å². The minimum Gasteiger partial charge on any atom is -0.495 e. The number of carbonyl (C=O) groups excluding carboxylic acids is 1. The smallest absolute Gasteiger partial charge is 0.253 e. The molecule has 1 aliphatic heterocycles. The number of ether oxygens (including phenoxy) is 2. The summed E-state index contributed by atoms with van der Waals surface area (Å²) in [6, 6.07) is 4.52. The lowest BCUT2D eigenvalue weighted by atomic mass is 10.1. The van der Waals surface area contributed by atoms with E-state index in [9.17, 15) is 13.2 Å². The lowest BCUT2D eigenvalue weighted by Crippen LogP contribution is -2.41. The zero-order valence-electron chi connectivity index (χ0n) is 16.7. The van der Waals surface area contributed by atoms with Crippen LogP contribution in [0.2, 0.25) is 0 Å². The van der Waals surface area contributed by atoms with Gasteiger partial charge in [0, 0.05) is 30.8 Å². The van der Waals surface area contributed by atoms with E-state index in [-0.39, 0.29) is 22.7 Å². The number of methoxy groups -OCH3 is 1. The van der Waals surface area contributed by atoms with Crippen molar-refractivity contribution in [1.29, 1.82) is 0 Å². The molecule has 152 valence electrons. The normalized spacial score (nSPS) is 16.4. The molecule has 1 saturated heterocycles. The summed E-state index contributed by atoms with van der Waals surface area (Å²) in [6.07, 6.45) is 1.75. The molecule has 1 aromatic carbocycles. The fourth-order valence-electron chi connectivity index (χ4n) is 3.12. The van der Waals surface area contributed by atoms with Crippen LogP contribution in [0.1, 0.15) is 50.9 Å². The summed E-state index contributed by atoms with van der Waals surface area (Å²) < 4.78 is 38.9. The molecule has 0 spiro atoms. The van der Waals surface area contributed by atoms with Gasteiger partial charge in [-0.1, -0.05) is 0 Å². The number of sulfonamides is 1. The van der Waals surface area contributed by atoms with Gasteiger partial charge in [-0.15, -0.1) is 0 Å². The van der Waals surface area contributed by atoms with Gasteiger partial charge < -0.3 is 14.4 Å². The average Bonchev–Trinajstić information content (AvgIpc) is 2.59. The molecule has 2 rings (SSSR count). The summed E-state index contributed by atoms with van der Waals surface area (Å²) in [7, 11) is -2.42. The van der Waals surface area contributed by atoms with Crippen LogP contribution in [0, 0.1) is 0 Å². The van der Waals surface area contributed by atoms with Crippen molar-refractivity contribution in [3.05, 3.63) is 23.8 Å². The summed E-state index contributed by atoms with van der Waals surface area (Å²) in [6.45, 7) is 9.09. The van der Waals surface area contributed by atoms with Gasteiger partial charge in [0.25, 0.3) is 5.91 Å². The SMILES string of the molecule is CCOC1CCN(C(=O)c2ccc(OC)c(S(=O)(=O)NC(C)(C)C)c2)CC1. The number of nitrogens with zero attached hydrogens (tertiary/aromatic N) is 1. The third kappa shape index (κ3) is 5.67. The Morgan fingerprint density at radius 1 is 1.26 bits per heavy atom. The standard InChI is InChI=1S/C19H30N2O5S/c1-6-26-15-9-11-21(12-10-15)18(22)14-7-8-16(25-5)17(13-14)27(23,24)20-19(2,3)4/h7-8,13,15,20H,6,9-12H2,1-5H3. The Bertz CT molecular complexity index is 763. The van der Waals surface area contributed by atoms with E-state index in [1.165, 1.54) is 19.2 Å². The Hall–Kier alpha value is -1.64. The van der Waals surface area contributed by atoms with Gasteiger partial charge in [-0.25, -0.2) is 13.1 Å². The van der Waals surface area contributed by atoms with Crippen LogP contribution in [-0.2, 0) is 14.8 Å². The van der Waals surface area contributed by atoms with Gasteiger partial charge in [0.2, 0.25) is 10.0 Å². The first kappa shape index (κ1) is 21.7. The van der Waals surface area contributed by atoms with Crippen molar-refractivity contribution in [3.8, 4) is 5.75 Å². The monoisotopic (exact) mass is 398 g/mol. The quantitative estimate of drug-likeness (QED) is 0.795. The molecule has 1 heterocycles. The highest BCUT2D eigenvalue weighted by Crippen LogP contribution is 2.27. The van der Waals surface area contributed by atoms with Gasteiger partial charge in [-0.05, 0) is 58.7 Å². The van der Waals surface area contributed by atoms with Crippen molar-refractivity contribution in [3.63, 3.8) is 0 Å². The predicted molar refractivity (Wildman–Crippen MR) is 104 cm³/mol. The molecular formula is C19H30N2O5S. The maximum Gasteiger partial charge on any atom is 0.253 e. The van der Waals surface area contributed by atoms with Crippen molar-refractivity contribution >= 4 is 15.9 Å². The number of piperidine rings is 1. The molecule has 0 bridgehead atoms. The highest BCUT2D eigenvalue weighted by molar-refractivity contribution is 7.89. The summed E-state index contributed by atoms with van der Waals surface area (Å²) in [4.78, 5) is 14.6. The fourth-order valence-corrected chi connectivity index (χ4v) is 4.74. The van der Waals surface area contributed by atoms with Crippen LogP contribution in [0.25, 0.3) is 0 Å². The van der Waals surface area contributed by atoms with Crippen LogP contribution in [0.4, 0.5) is 0 Å². The zero-order chi connectivity index (χ0) is 20.2. The van der Waals surface area contributed by atoms with Crippen LogP contribution in [0.3, 0.4) is 0 Å². The van der Waals surface area contributed by atoms with E-state index in [1.54, 1.807) is 31.7 Å². The third-order valence-electron chi connectivity index (χ3n) is 4.27. The van der Waals surface area contributed by atoms with Gasteiger partial charge in [-0.3, -0.25) is 4.79 Å². The molecule has 7 nitrogen and oxygen atoms in total. The molecule has 0 aromatic heterocycles. The molecular weight excluding hydrogens is 368 g/mol. The number of nitrogens with one attached hydrogen (secondary N) is 1. The van der Waals surface area contributed by atoms with Crippen molar-refractivity contribution in [2.75, 3.05) is 26.8 Å². The Balaban J connectivity index is 2.25. The van der Waals surface area contributed by atoms with Crippen LogP contribution in [0.5, 0.6) is 5.75 Å². The maximum absolute atomic E-state index is 12.9. The van der Waals surface area contributed by atoms with E-state index in [4.69, 9.17) is 9.47 Å². The topological polar surface area (TPSA) is 84.9 Å². The summed E-state index contributed by atoms with van der Waals surface area (Å²) in [5.41, 5.74) is -0.315. The van der Waals surface area contributed by atoms with Crippen molar-refractivity contribution in [2.45, 2.75) is 57.1 Å². The number of hydrogen-bond donors (Lipinski definition) is 1. The molecule has 1 amide bonds. The van der Waals surface area contributed by atoms with E-state index in [0.29, 0.717) is 25.3 Å². The minimum atomic E-state index is -3.83. The lowest BCUT2D eigenvalue weighted by Gasteiger charge is -2.32. The van der Waals surface area contributed by atoms with Crippen molar-refractivity contribution in [2.24, 2.45) is 0 Å². The second-order valence-electron chi connectivity index (χ2n) is 7.67. The fraction of sp³-hybridized carbons (Fsp3) is 0.632. The second-order valence-corrected chi connectivity index (χ2v) is 9.32. The van der Waals surface area contributed by atoms with Crippen LogP contribution < -0.4 is 9.46 Å². The van der Waals surface area contributed by atoms with Gasteiger partial charge in [0.05, 0.1) is 13.2 Å². The van der Waals surface area contributed by atoms with Gasteiger partial charge in [0.15, 0.2) is 0 Å². The number of amides is 1. The van der Waals surface area contributed by atoms with Gasteiger partial charge in [0.1, 0.15) is 10.6 Å². The second kappa shape index (κ2) is 8.58. The first-order valence-corrected chi connectivity index (χ1v) is 10.7. The molecule has 0 atom stereocenters. The van der Waals surface area contributed by atoms with E-state index in [2.05, 4.69) is 4.72 Å². The Morgan fingerprint density at radius 2 is 1.89 bits per heavy atom. The number of carbonyl (C=O) groups is 1. The van der Waals surface area contributed by atoms with E-state index in [0.717, 1.165) is 12.8 Å². The first-order chi connectivity index (χ1) is 12.6. The molecule has 1 N–H and O–H groups in total. The predicted octanol–water partition coefficient (Wildman–Crippen LogP) is 2.41. The lowest BCUT2D eigenvalue weighted by molar-refractivity contribution is 0.0146. The number of hydrogen-bond acceptors (Lipinski definition) is 5. The summed E-state index contributed by atoms with van der Waals surface area (Å²) >= 11 is 0. The van der Waals surface area contributed by atoms with E-state index < -0.39 is 15.6 Å². The molecule has 1 fully saturated rings. The van der Waals surface area contributed by atoms with Crippen molar-refractivity contribution < 1.29 is 22.7 Å². The minimum absolute atomic E-state index is 0.0324. The summed E-state index contributed by atoms with van der Waals surface area (Å²) in [5.74, 6) is 0.0261. The molecule has 8 heteroatoms. The van der Waals surface area contributed by atoms with Crippen molar-refractivity contribution in [1.82, 2.24) is 9.62 Å². The molecule has 0 unspecified atom stereocenters. The number of benzene rings is 1. The molecule has 1 aliphatic rings. The number of rotatable bonds is 6. The van der Waals surface area contributed by atoms with E-state index in [1.807, 2.05) is 6.92 Å². The Morgan fingerprint density at radius 3 is 2.41 bits per heavy atom. The third-order valence-corrected chi connectivity index (χ3v) is 6.05. The highest BCUT2D eigenvalue weighted by atomic mass is 32.2. The average molecular weight is 399 g/mol. The van der Waals surface area contributed by atoms with Gasteiger partial charge >= 0.3 is 0 Å². The molecule has 0 saturated carbocycles. The summed E-state index contributed by atoms with van der Waals surface area (Å²) in [5, 5.41) is 0. The number of likely N-dealkylation sites (tertiary alicyclic amines) is 1. The molecule has 0 aliphatic carbocycles. The van der Waals surface area contributed by atoms with Gasteiger partial charge in [-0.2, -0.15) is 0 Å². The highest BCUT2D eigenvalue weighted by Gasteiger charge is 2.28. The van der Waals surface area contributed by atoms with E-state index >= 15 is 0 Å². The first-order valence-electron chi connectivity index (χ1n) is 9.20. The van der Waals surface area contributed by atoms with Crippen LogP contribution in [-0.4, -0.2) is 57.7 Å².